The van der Waals surface area contributed by atoms with Gasteiger partial charge in [-0.15, -0.1) is 0 Å². The van der Waals surface area contributed by atoms with E-state index >= 15 is 0 Å². The van der Waals surface area contributed by atoms with Gasteiger partial charge in [-0.1, -0.05) is 0 Å². The van der Waals surface area contributed by atoms with Gasteiger partial charge in [-0.25, -0.2) is 8.78 Å². The molecule has 0 saturated carbocycles. The first kappa shape index (κ1) is 9.64. The van der Waals surface area contributed by atoms with E-state index in [9.17, 15) is 8.78 Å². The first-order valence-corrected chi connectivity index (χ1v) is 4.42. The summed E-state index contributed by atoms with van der Waals surface area (Å²) in [6.45, 7) is 0.225. The lowest BCUT2D eigenvalue weighted by molar-refractivity contribution is 0.587. The van der Waals surface area contributed by atoms with E-state index in [1.807, 2.05) is 0 Å². The van der Waals surface area contributed by atoms with Crippen LogP contribution < -0.4 is 5.32 Å². The lowest BCUT2D eigenvalue weighted by Gasteiger charge is -2.04. The third-order valence-electron chi connectivity index (χ3n) is 1.99. The second kappa shape index (κ2) is 4.08. The summed E-state index contributed by atoms with van der Waals surface area (Å²) in [7, 11) is 0. The molecule has 0 saturated heterocycles. The Balaban J connectivity index is 2.07. The Hall–Kier alpha value is -1.91. The van der Waals surface area contributed by atoms with Gasteiger partial charge in [-0.3, -0.25) is 5.10 Å². The van der Waals surface area contributed by atoms with Gasteiger partial charge in [0.05, 0.1) is 11.9 Å². The Morgan fingerprint density at radius 1 is 1.33 bits per heavy atom. The van der Waals surface area contributed by atoms with Gasteiger partial charge in [0.2, 0.25) is 0 Å². The van der Waals surface area contributed by atoms with Crippen molar-refractivity contribution in [3.8, 4) is 0 Å². The van der Waals surface area contributed by atoms with Crippen LogP contribution in [0.2, 0.25) is 0 Å². The first-order valence-electron chi connectivity index (χ1n) is 4.42. The van der Waals surface area contributed by atoms with Crippen LogP contribution >= 0.6 is 0 Å². The summed E-state index contributed by atoms with van der Waals surface area (Å²) >= 11 is 0. The number of nitrogens with zero attached hydrogens (tertiary/aromatic N) is 1. The average Bonchev–Trinajstić information content (AvgIpc) is 2.72. The number of benzene rings is 1. The minimum Gasteiger partial charge on any atom is -0.378 e. The highest BCUT2D eigenvalue weighted by molar-refractivity contribution is 5.38. The average molecular weight is 209 g/mol. The van der Waals surface area contributed by atoms with Gasteiger partial charge in [-0.05, 0) is 18.2 Å². The summed E-state index contributed by atoms with van der Waals surface area (Å²) in [6, 6.07) is 3.38. The Bertz CT molecular complexity index is 440. The van der Waals surface area contributed by atoms with Crippen molar-refractivity contribution < 1.29 is 8.78 Å². The van der Waals surface area contributed by atoms with Crippen LogP contribution in [0.1, 0.15) is 5.56 Å². The highest BCUT2D eigenvalue weighted by Gasteiger charge is 2.03. The third kappa shape index (κ3) is 2.31. The minimum absolute atomic E-state index is 0.225. The molecule has 3 nitrogen and oxygen atoms in total. The molecule has 2 N–H and O–H groups in total. The van der Waals surface area contributed by atoms with Crippen molar-refractivity contribution in [2.75, 3.05) is 5.32 Å². The SMILES string of the molecule is Fc1ccc(F)c(CNc2cn[nH]c2)c1. The van der Waals surface area contributed by atoms with Crippen LogP contribution in [0.3, 0.4) is 0 Å². The lowest BCUT2D eigenvalue weighted by atomic mass is 10.2. The van der Waals surface area contributed by atoms with E-state index in [2.05, 4.69) is 15.5 Å². The number of H-pyrrole nitrogens is 1. The number of nitrogens with one attached hydrogen (secondary N) is 2. The molecule has 78 valence electrons. The lowest BCUT2D eigenvalue weighted by Crippen LogP contribution is -2.01. The molecule has 0 amide bonds. The summed E-state index contributed by atoms with van der Waals surface area (Å²) in [5, 5.41) is 9.24. The molecule has 0 aliphatic rings. The van der Waals surface area contributed by atoms with Gasteiger partial charge in [0.25, 0.3) is 0 Å². The molecule has 0 radical (unpaired) electrons. The van der Waals surface area contributed by atoms with Crippen molar-refractivity contribution in [2.45, 2.75) is 6.54 Å². The Kier molecular flexibility index (Phi) is 2.62. The second-order valence-corrected chi connectivity index (χ2v) is 3.08. The Morgan fingerprint density at radius 2 is 2.20 bits per heavy atom. The molecule has 0 atom stereocenters. The van der Waals surface area contributed by atoms with E-state index in [1.54, 1.807) is 12.4 Å². The van der Waals surface area contributed by atoms with Gasteiger partial charge in [0, 0.05) is 18.3 Å². The summed E-state index contributed by atoms with van der Waals surface area (Å²) < 4.78 is 26.0. The van der Waals surface area contributed by atoms with E-state index in [0.29, 0.717) is 0 Å². The topological polar surface area (TPSA) is 40.7 Å². The molecule has 0 fully saturated rings. The fourth-order valence-corrected chi connectivity index (χ4v) is 1.22. The van der Waals surface area contributed by atoms with Gasteiger partial charge in [0.1, 0.15) is 11.6 Å². The number of anilines is 1. The van der Waals surface area contributed by atoms with Crippen LogP contribution in [0.25, 0.3) is 0 Å². The smallest absolute Gasteiger partial charge is 0.128 e. The molecule has 2 aromatic rings. The van der Waals surface area contributed by atoms with Crippen LogP contribution in [0.15, 0.2) is 30.6 Å². The van der Waals surface area contributed by atoms with Crippen LogP contribution in [-0.4, -0.2) is 10.2 Å². The molecule has 0 bridgehead atoms. The molecule has 1 aromatic heterocycles. The Labute approximate surface area is 85.1 Å². The number of hydrogen-bond acceptors (Lipinski definition) is 2. The number of halogens is 2. The maximum absolute atomic E-state index is 13.2. The standard InChI is InChI=1S/C10H9F2N3/c11-8-1-2-10(12)7(3-8)4-13-9-5-14-15-6-9/h1-3,5-6,13H,4H2,(H,14,15). The monoisotopic (exact) mass is 209 g/mol. The van der Waals surface area contributed by atoms with E-state index in [-0.39, 0.29) is 12.1 Å². The van der Waals surface area contributed by atoms with Crippen LogP contribution in [-0.2, 0) is 6.54 Å². The van der Waals surface area contributed by atoms with Gasteiger partial charge >= 0.3 is 0 Å². The van der Waals surface area contributed by atoms with E-state index in [0.717, 1.165) is 17.8 Å². The van der Waals surface area contributed by atoms with Crippen molar-refractivity contribution in [3.63, 3.8) is 0 Å². The number of aromatic nitrogens is 2. The van der Waals surface area contributed by atoms with Crippen molar-refractivity contribution in [1.29, 1.82) is 0 Å². The zero-order valence-corrected chi connectivity index (χ0v) is 7.80. The van der Waals surface area contributed by atoms with Crippen molar-refractivity contribution >= 4 is 5.69 Å². The van der Waals surface area contributed by atoms with Crippen LogP contribution in [0, 0.1) is 11.6 Å². The molecule has 2 rings (SSSR count). The first-order chi connectivity index (χ1) is 7.25. The normalized spacial score (nSPS) is 10.3. The van der Waals surface area contributed by atoms with E-state index in [4.69, 9.17) is 0 Å². The summed E-state index contributed by atoms with van der Waals surface area (Å²) in [5.74, 6) is -0.868. The highest BCUT2D eigenvalue weighted by Crippen LogP contribution is 2.11. The van der Waals surface area contributed by atoms with Gasteiger partial charge in [0.15, 0.2) is 0 Å². The molecular weight excluding hydrogens is 200 g/mol. The predicted molar refractivity (Wildman–Crippen MR) is 52.3 cm³/mol. The number of aromatic amines is 1. The molecule has 0 spiro atoms. The maximum Gasteiger partial charge on any atom is 0.128 e. The molecule has 0 unspecified atom stereocenters. The molecule has 15 heavy (non-hydrogen) atoms. The van der Waals surface area contributed by atoms with E-state index in [1.165, 1.54) is 6.07 Å². The van der Waals surface area contributed by atoms with Crippen molar-refractivity contribution in [2.24, 2.45) is 0 Å². The molecular formula is C10H9F2N3. The summed E-state index contributed by atoms with van der Waals surface area (Å²) in [5.41, 5.74) is 1.02. The summed E-state index contributed by atoms with van der Waals surface area (Å²) in [6.07, 6.45) is 3.20. The zero-order chi connectivity index (χ0) is 10.7. The van der Waals surface area contributed by atoms with Crippen molar-refractivity contribution in [1.82, 2.24) is 10.2 Å². The fourth-order valence-electron chi connectivity index (χ4n) is 1.22. The Morgan fingerprint density at radius 3 is 2.93 bits per heavy atom. The molecule has 1 aromatic carbocycles. The zero-order valence-electron chi connectivity index (χ0n) is 7.80. The van der Waals surface area contributed by atoms with E-state index < -0.39 is 11.6 Å². The molecule has 1 heterocycles. The number of rotatable bonds is 3. The molecule has 0 aliphatic heterocycles. The van der Waals surface area contributed by atoms with Crippen molar-refractivity contribution in [3.05, 3.63) is 47.8 Å². The predicted octanol–water partition coefficient (Wildman–Crippen LogP) is 2.30. The highest BCUT2D eigenvalue weighted by atomic mass is 19.1. The largest absolute Gasteiger partial charge is 0.378 e. The number of hydrogen-bond donors (Lipinski definition) is 2. The van der Waals surface area contributed by atoms with Crippen LogP contribution in [0.5, 0.6) is 0 Å². The quantitative estimate of drug-likeness (QED) is 0.814. The minimum atomic E-state index is -0.444. The van der Waals surface area contributed by atoms with Crippen LogP contribution in [0.4, 0.5) is 14.5 Å². The molecule has 5 heteroatoms. The third-order valence-corrected chi connectivity index (χ3v) is 1.99. The van der Waals surface area contributed by atoms with Gasteiger partial charge < -0.3 is 5.32 Å². The molecule has 0 aliphatic carbocycles. The maximum atomic E-state index is 13.2. The summed E-state index contributed by atoms with van der Waals surface area (Å²) in [4.78, 5) is 0. The van der Waals surface area contributed by atoms with Gasteiger partial charge in [-0.2, -0.15) is 5.10 Å². The fraction of sp³-hybridized carbons (Fsp3) is 0.100. The second-order valence-electron chi connectivity index (χ2n) is 3.08.